The average Bonchev–Trinajstić information content (AvgIpc) is 2.40. The number of nitrogens with two attached hydrogens (primary N) is 1. The van der Waals surface area contributed by atoms with Crippen molar-refractivity contribution >= 4 is 0 Å². The minimum absolute atomic E-state index is 0.687. The van der Waals surface area contributed by atoms with E-state index in [1.54, 1.807) is 7.11 Å². The summed E-state index contributed by atoms with van der Waals surface area (Å²) in [6.07, 6.45) is 1.14. The topological polar surface area (TPSA) is 47.7 Å². The van der Waals surface area contributed by atoms with E-state index in [0.29, 0.717) is 13.2 Å². The van der Waals surface area contributed by atoms with Gasteiger partial charge in [-0.25, -0.2) is 0 Å². The fraction of sp³-hybridized carbons (Fsp3) is 0.571. The van der Waals surface area contributed by atoms with Crippen LogP contribution in [0.25, 0.3) is 0 Å². The van der Waals surface area contributed by atoms with Gasteiger partial charge in [0.15, 0.2) is 0 Å². The Hall–Kier alpha value is -1.26. The van der Waals surface area contributed by atoms with Crippen molar-refractivity contribution in [3.63, 3.8) is 0 Å². The maximum atomic E-state index is 5.69. The van der Waals surface area contributed by atoms with Gasteiger partial charge in [-0.15, -0.1) is 0 Å². The molecular formula is C14H24N2O2. The molecular weight excluding hydrogens is 228 g/mol. The first-order valence-electron chi connectivity index (χ1n) is 6.49. The molecule has 0 heterocycles. The highest BCUT2D eigenvalue weighted by Crippen LogP contribution is 2.16. The van der Waals surface area contributed by atoms with E-state index in [1.807, 2.05) is 24.3 Å². The zero-order valence-electron chi connectivity index (χ0n) is 11.4. The van der Waals surface area contributed by atoms with E-state index in [1.165, 1.54) is 0 Å². The van der Waals surface area contributed by atoms with Gasteiger partial charge in [0.2, 0.25) is 0 Å². The van der Waals surface area contributed by atoms with E-state index in [-0.39, 0.29) is 0 Å². The summed E-state index contributed by atoms with van der Waals surface area (Å²) in [6, 6.07) is 7.65. The Morgan fingerprint density at radius 3 is 2.28 bits per heavy atom. The van der Waals surface area contributed by atoms with Crippen molar-refractivity contribution in [3.8, 4) is 11.5 Å². The van der Waals surface area contributed by atoms with Gasteiger partial charge in [0, 0.05) is 19.6 Å². The summed E-state index contributed by atoms with van der Waals surface area (Å²) in [7, 11) is 1.66. The molecule has 0 unspecified atom stereocenters. The fourth-order valence-corrected chi connectivity index (χ4v) is 1.80. The molecule has 0 aliphatic carbocycles. The first kappa shape index (κ1) is 14.8. The molecule has 0 aromatic heterocycles. The standard InChI is InChI=1S/C14H24N2O2/c1-3-9-16(10-8-15)11-12-18-14-6-4-13(17-2)5-7-14/h4-7H,3,8-12,15H2,1-2H3. The van der Waals surface area contributed by atoms with Crippen molar-refractivity contribution in [2.24, 2.45) is 5.73 Å². The van der Waals surface area contributed by atoms with Crippen LogP contribution >= 0.6 is 0 Å². The molecule has 4 heteroatoms. The molecule has 1 aromatic carbocycles. The average molecular weight is 252 g/mol. The van der Waals surface area contributed by atoms with E-state index >= 15 is 0 Å². The molecule has 0 aliphatic rings. The Bertz CT molecular complexity index is 308. The number of benzene rings is 1. The third kappa shape index (κ3) is 5.38. The lowest BCUT2D eigenvalue weighted by molar-refractivity contribution is 0.212. The molecule has 0 spiro atoms. The first-order chi connectivity index (χ1) is 8.80. The van der Waals surface area contributed by atoms with Crippen LogP contribution in [0.3, 0.4) is 0 Å². The van der Waals surface area contributed by atoms with E-state index in [0.717, 1.165) is 37.6 Å². The van der Waals surface area contributed by atoms with Crippen molar-refractivity contribution in [1.29, 1.82) is 0 Å². The molecule has 0 fully saturated rings. The largest absolute Gasteiger partial charge is 0.497 e. The molecule has 0 bridgehead atoms. The van der Waals surface area contributed by atoms with Crippen molar-refractivity contribution in [2.45, 2.75) is 13.3 Å². The molecule has 4 nitrogen and oxygen atoms in total. The number of hydrogen-bond donors (Lipinski definition) is 1. The quantitative estimate of drug-likeness (QED) is 0.727. The van der Waals surface area contributed by atoms with Gasteiger partial charge >= 0.3 is 0 Å². The summed E-state index contributed by atoms with van der Waals surface area (Å²) in [5, 5.41) is 0. The third-order valence-electron chi connectivity index (χ3n) is 2.72. The second-order valence-corrected chi connectivity index (χ2v) is 4.15. The monoisotopic (exact) mass is 252 g/mol. The normalized spacial score (nSPS) is 10.7. The molecule has 2 N–H and O–H groups in total. The maximum absolute atomic E-state index is 5.69. The predicted molar refractivity (Wildman–Crippen MR) is 74.3 cm³/mol. The zero-order valence-corrected chi connectivity index (χ0v) is 11.4. The van der Waals surface area contributed by atoms with Crippen LogP contribution in [-0.2, 0) is 0 Å². The van der Waals surface area contributed by atoms with Crippen LogP contribution in [0.2, 0.25) is 0 Å². The number of rotatable bonds is 9. The Labute approximate surface area is 110 Å². The van der Waals surface area contributed by atoms with E-state index in [4.69, 9.17) is 15.2 Å². The van der Waals surface area contributed by atoms with Gasteiger partial charge in [-0.2, -0.15) is 0 Å². The highest BCUT2D eigenvalue weighted by Gasteiger charge is 2.02. The molecule has 0 aliphatic heterocycles. The summed E-state index contributed by atoms with van der Waals surface area (Å²) >= 11 is 0. The SMILES string of the molecule is CCCN(CCN)CCOc1ccc(OC)cc1. The minimum Gasteiger partial charge on any atom is -0.497 e. The smallest absolute Gasteiger partial charge is 0.119 e. The van der Waals surface area contributed by atoms with Gasteiger partial charge in [-0.1, -0.05) is 6.92 Å². The van der Waals surface area contributed by atoms with Gasteiger partial charge in [-0.05, 0) is 37.2 Å². The highest BCUT2D eigenvalue weighted by atomic mass is 16.5. The number of ether oxygens (including phenoxy) is 2. The van der Waals surface area contributed by atoms with E-state index in [2.05, 4.69) is 11.8 Å². The molecule has 0 saturated heterocycles. The second-order valence-electron chi connectivity index (χ2n) is 4.15. The minimum atomic E-state index is 0.687. The maximum Gasteiger partial charge on any atom is 0.119 e. The van der Waals surface area contributed by atoms with Crippen LogP contribution in [0, 0.1) is 0 Å². The van der Waals surface area contributed by atoms with Gasteiger partial charge < -0.3 is 15.2 Å². The lowest BCUT2D eigenvalue weighted by atomic mass is 10.3. The Balaban J connectivity index is 2.30. The van der Waals surface area contributed by atoms with Crippen molar-refractivity contribution < 1.29 is 9.47 Å². The molecule has 18 heavy (non-hydrogen) atoms. The van der Waals surface area contributed by atoms with Crippen molar-refractivity contribution in [1.82, 2.24) is 4.90 Å². The molecule has 0 saturated carbocycles. The molecule has 0 atom stereocenters. The Morgan fingerprint density at radius 2 is 1.72 bits per heavy atom. The van der Waals surface area contributed by atoms with Gasteiger partial charge in [0.25, 0.3) is 0 Å². The van der Waals surface area contributed by atoms with Gasteiger partial charge in [-0.3, -0.25) is 4.90 Å². The first-order valence-corrected chi connectivity index (χ1v) is 6.49. The van der Waals surface area contributed by atoms with Crippen LogP contribution in [0.1, 0.15) is 13.3 Å². The summed E-state index contributed by atoms with van der Waals surface area (Å²) in [6.45, 7) is 6.47. The van der Waals surface area contributed by atoms with E-state index < -0.39 is 0 Å². The van der Waals surface area contributed by atoms with Crippen LogP contribution in [0.5, 0.6) is 11.5 Å². The molecule has 1 aromatic rings. The zero-order chi connectivity index (χ0) is 13.2. The highest BCUT2D eigenvalue weighted by molar-refractivity contribution is 5.31. The molecule has 102 valence electrons. The molecule has 0 amide bonds. The van der Waals surface area contributed by atoms with Crippen LogP contribution in [0.15, 0.2) is 24.3 Å². The van der Waals surface area contributed by atoms with Crippen molar-refractivity contribution in [3.05, 3.63) is 24.3 Å². The lowest BCUT2D eigenvalue weighted by Crippen LogP contribution is -2.33. The Kier molecular flexibility index (Phi) is 7.22. The third-order valence-corrected chi connectivity index (χ3v) is 2.72. The van der Waals surface area contributed by atoms with Crippen molar-refractivity contribution in [2.75, 3.05) is 39.9 Å². The summed E-state index contributed by atoms with van der Waals surface area (Å²) < 4.78 is 10.8. The van der Waals surface area contributed by atoms with Crippen LogP contribution < -0.4 is 15.2 Å². The number of hydrogen-bond acceptors (Lipinski definition) is 4. The summed E-state index contributed by atoms with van der Waals surface area (Å²) in [5.41, 5.74) is 5.58. The molecule has 0 radical (unpaired) electrons. The molecule has 1 rings (SSSR count). The van der Waals surface area contributed by atoms with E-state index in [9.17, 15) is 0 Å². The predicted octanol–water partition coefficient (Wildman–Crippen LogP) is 1.74. The number of methoxy groups -OCH3 is 1. The van der Waals surface area contributed by atoms with Gasteiger partial charge in [0.05, 0.1) is 7.11 Å². The second kappa shape index (κ2) is 8.78. The van der Waals surface area contributed by atoms with Crippen LogP contribution in [0.4, 0.5) is 0 Å². The van der Waals surface area contributed by atoms with Crippen LogP contribution in [-0.4, -0.2) is 44.8 Å². The Morgan fingerprint density at radius 1 is 1.06 bits per heavy atom. The summed E-state index contributed by atoms with van der Waals surface area (Å²) in [5.74, 6) is 1.72. The number of nitrogens with zero attached hydrogens (tertiary/aromatic N) is 1. The van der Waals surface area contributed by atoms with Gasteiger partial charge in [0.1, 0.15) is 18.1 Å². The lowest BCUT2D eigenvalue weighted by Gasteiger charge is -2.20. The summed E-state index contributed by atoms with van der Waals surface area (Å²) in [4.78, 5) is 2.32. The fourth-order valence-electron chi connectivity index (χ4n) is 1.80.